The second-order valence-electron chi connectivity index (χ2n) is 5.50. The molecule has 1 N–H and O–H groups in total. The molecule has 1 aliphatic rings. The van der Waals surface area contributed by atoms with Crippen molar-refractivity contribution >= 4 is 0 Å². The minimum Gasteiger partial charge on any atom is -0.330 e. The van der Waals surface area contributed by atoms with Gasteiger partial charge in [0, 0.05) is 18.7 Å². The zero-order valence-electron chi connectivity index (χ0n) is 12.3. The molecule has 1 aliphatic heterocycles. The van der Waals surface area contributed by atoms with E-state index in [9.17, 15) is 0 Å². The molecule has 0 bridgehead atoms. The second-order valence-corrected chi connectivity index (χ2v) is 5.50. The van der Waals surface area contributed by atoms with E-state index >= 15 is 0 Å². The van der Waals surface area contributed by atoms with Crippen molar-refractivity contribution in [3.05, 3.63) is 29.6 Å². The fourth-order valence-corrected chi connectivity index (χ4v) is 2.79. The van der Waals surface area contributed by atoms with Crippen LogP contribution in [0.5, 0.6) is 0 Å². The van der Waals surface area contributed by atoms with E-state index < -0.39 is 0 Å². The van der Waals surface area contributed by atoms with Crippen molar-refractivity contribution in [1.82, 2.24) is 24.8 Å². The van der Waals surface area contributed by atoms with Crippen molar-refractivity contribution in [3.8, 4) is 11.4 Å². The van der Waals surface area contributed by atoms with Gasteiger partial charge in [-0.05, 0) is 45.8 Å². The molecule has 0 saturated carbocycles. The number of aromatic nitrogens is 4. The maximum atomic E-state index is 4.65. The number of piperidine rings is 1. The summed E-state index contributed by atoms with van der Waals surface area (Å²) < 4.78 is 2.08. The van der Waals surface area contributed by atoms with Crippen molar-refractivity contribution in [2.75, 3.05) is 13.1 Å². The Balaban J connectivity index is 2.00. The van der Waals surface area contributed by atoms with Gasteiger partial charge in [0.2, 0.25) is 0 Å². The zero-order valence-corrected chi connectivity index (χ0v) is 12.3. The van der Waals surface area contributed by atoms with E-state index in [1.807, 2.05) is 27.1 Å². The van der Waals surface area contributed by atoms with Gasteiger partial charge in [0.05, 0.1) is 17.6 Å². The largest absolute Gasteiger partial charge is 0.330 e. The summed E-state index contributed by atoms with van der Waals surface area (Å²) in [6.45, 7) is 6.13. The molecule has 0 amide bonds. The van der Waals surface area contributed by atoms with E-state index in [4.69, 9.17) is 0 Å². The first kappa shape index (κ1) is 13.2. The number of hydrogen-bond donors (Lipinski definition) is 1. The van der Waals surface area contributed by atoms with Gasteiger partial charge in [-0.25, -0.2) is 15.0 Å². The Kier molecular flexibility index (Phi) is 3.53. The Morgan fingerprint density at radius 3 is 2.60 bits per heavy atom. The van der Waals surface area contributed by atoms with Crippen LogP contribution in [0.3, 0.4) is 0 Å². The molecule has 2 aromatic rings. The maximum Gasteiger partial charge on any atom is 0.126 e. The van der Waals surface area contributed by atoms with E-state index in [-0.39, 0.29) is 0 Å². The highest BCUT2D eigenvalue weighted by molar-refractivity contribution is 5.55. The molecule has 0 aliphatic carbocycles. The van der Waals surface area contributed by atoms with Gasteiger partial charge >= 0.3 is 0 Å². The van der Waals surface area contributed by atoms with Gasteiger partial charge in [0.15, 0.2) is 0 Å². The van der Waals surface area contributed by atoms with Gasteiger partial charge in [-0.1, -0.05) is 0 Å². The highest BCUT2D eigenvalue weighted by Crippen LogP contribution is 2.27. The van der Waals surface area contributed by atoms with E-state index in [0.717, 1.165) is 49.0 Å². The lowest BCUT2D eigenvalue weighted by atomic mass is 9.94. The van der Waals surface area contributed by atoms with Gasteiger partial charge < -0.3 is 9.88 Å². The average Bonchev–Trinajstić information content (AvgIpc) is 2.79. The number of rotatable bonds is 2. The van der Waals surface area contributed by atoms with Crippen LogP contribution in [0.2, 0.25) is 0 Å². The molecular weight excluding hydrogens is 250 g/mol. The minimum atomic E-state index is 0.547. The van der Waals surface area contributed by atoms with E-state index in [1.165, 1.54) is 5.69 Å². The lowest BCUT2D eigenvalue weighted by molar-refractivity contribution is 0.452. The molecule has 0 unspecified atom stereocenters. The zero-order chi connectivity index (χ0) is 14.1. The first-order valence-corrected chi connectivity index (χ1v) is 7.20. The number of nitrogens with one attached hydrogen (secondary N) is 1. The fourth-order valence-electron chi connectivity index (χ4n) is 2.79. The summed E-state index contributed by atoms with van der Waals surface area (Å²) >= 11 is 0. The maximum absolute atomic E-state index is 4.65. The first-order valence-electron chi connectivity index (χ1n) is 7.20. The summed E-state index contributed by atoms with van der Waals surface area (Å²) in [5.74, 6) is 2.39. The third-order valence-electron chi connectivity index (χ3n) is 4.10. The number of nitrogens with zero attached hydrogens (tertiary/aromatic N) is 4. The standard InChI is InChI=1S/C15H21N5/c1-10-18-13(12-4-6-16-7-5-12)8-14(19-10)15-9-17-11(2)20(15)3/h8-9,12,16H,4-7H2,1-3H3. The van der Waals surface area contributed by atoms with Crippen LogP contribution < -0.4 is 5.32 Å². The van der Waals surface area contributed by atoms with Crippen LogP contribution in [0, 0.1) is 13.8 Å². The smallest absolute Gasteiger partial charge is 0.126 e. The summed E-state index contributed by atoms with van der Waals surface area (Å²) in [5, 5.41) is 3.40. The van der Waals surface area contributed by atoms with E-state index in [2.05, 4.69) is 30.9 Å². The van der Waals surface area contributed by atoms with Gasteiger partial charge in [0.1, 0.15) is 11.6 Å². The topological polar surface area (TPSA) is 55.6 Å². The Labute approximate surface area is 119 Å². The van der Waals surface area contributed by atoms with E-state index in [0.29, 0.717) is 5.92 Å². The van der Waals surface area contributed by atoms with Crippen LogP contribution in [0.4, 0.5) is 0 Å². The Hall–Kier alpha value is -1.75. The van der Waals surface area contributed by atoms with Crippen molar-refractivity contribution in [2.24, 2.45) is 7.05 Å². The first-order chi connectivity index (χ1) is 9.65. The van der Waals surface area contributed by atoms with Gasteiger partial charge in [0.25, 0.3) is 0 Å². The fraction of sp³-hybridized carbons (Fsp3) is 0.533. The average molecular weight is 271 g/mol. The van der Waals surface area contributed by atoms with Crippen LogP contribution >= 0.6 is 0 Å². The minimum absolute atomic E-state index is 0.547. The molecular formula is C15H21N5. The molecule has 5 heteroatoms. The summed E-state index contributed by atoms with van der Waals surface area (Å²) in [6, 6.07) is 2.14. The predicted molar refractivity (Wildman–Crippen MR) is 78.6 cm³/mol. The molecule has 1 saturated heterocycles. The van der Waals surface area contributed by atoms with Crippen LogP contribution in [0.1, 0.15) is 36.1 Å². The second kappa shape index (κ2) is 5.32. The molecule has 3 rings (SSSR count). The predicted octanol–water partition coefficient (Wildman–Crippen LogP) is 1.96. The molecule has 0 radical (unpaired) electrons. The van der Waals surface area contributed by atoms with Crippen LogP contribution in [0.15, 0.2) is 12.3 Å². The Morgan fingerprint density at radius 1 is 1.20 bits per heavy atom. The Bertz CT molecular complexity index is 611. The summed E-state index contributed by atoms with van der Waals surface area (Å²) in [7, 11) is 2.03. The van der Waals surface area contributed by atoms with Gasteiger partial charge in [-0.3, -0.25) is 0 Å². The molecule has 1 fully saturated rings. The van der Waals surface area contributed by atoms with Crippen molar-refractivity contribution in [2.45, 2.75) is 32.6 Å². The molecule has 2 aromatic heterocycles. The van der Waals surface area contributed by atoms with Crippen molar-refractivity contribution in [3.63, 3.8) is 0 Å². The van der Waals surface area contributed by atoms with Gasteiger partial charge in [-0.2, -0.15) is 0 Å². The Morgan fingerprint density at radius 2 is 1.95 bits per heavy atom. The molecule has 0 aromatic carbocycles. The van der Waals surface area contributed by atoms with Crippen LogP contribution in [0.25, 0.3) is 11.4 Å². The third-order valence-corrected chi connectivity index (χ3v) is 4.10. The highest BCUT2D eigenvalue weighted by Gasteiger charge is 2.19. The highest BCUT2D eigenvalue weighted by atomic mass is 15.1. The summed E-state index contributed by atoms with van der Waals surface area (Å²) in [5.41, 5.74) is 3.21. The lowest BCUT2D eigenvalue weighted by Gasteiger charge is -2.22. The van der Waals surface area contributed by atoms with E-state index in [1.54, 1.807) is 0 Å². The quantitative estimate of drug-likeness (QED) is 0.907. The molecule has 0 atom stereocenters. The summed E-state index contributed by atoms with van der Waals surface area (Å²) in [6.07, 6.45) is 4.20. The number of imidazole rings is 1. The van der Waals surface area contributed by atoms with Gasteiger partial charge in [-0.15, -0.1) is 0 Å². The molecule has 20 heavy (non-hydrogen) atoms. The van der Waals surface area contributed by atoms with Crippen LogP contribution in [-0.2, 0) is 7.05 Å². The third kappa shape index (κ3) is 2.45. The normalized spacial score (nSPS) is 16.6. The van der Waals surface area contributed by atoms with Crippen LogP contribution in [-0.4, -0.2) is 32.6 Å². The monoisotopic (exact) mass is 271 g/mol. The number of hydrogen-bond acceptors (Lipinski definition) is 4. The molecule has 0 spiro atoms. The van der Waals surface area contributed by atoms with Crippen molar-refractivity contribution < 1.29 is 0 Å². The summed E-state index contributed by atoms with van der Waals surface area (Å²) in [4.78, 5) is 13.6. The lowest BCUT2D eigenvalue weighted by Crippen LogP contribution is -2.27. The molecule has 106 valence electrons. The number of aryl methyl sites for hydroxylation is 2. The molecule has 5 nitrogen and oxygen atoms in total. The SMILES string of the molecule is Cc1nc(-c2cnc(C)n2C)cc(C2CCNCC2)n1. The van der Waals surface area contributed by atoms with Crippen molar-refractivity contribution in [1.29, 1.82) is 0 Å². The molecule has 3 heterocycles.